The zero-order valence-corrected chi connectivity index (χ0v) is 17.3. The number of halogens is 2. The molecule has 1 heterocycles. The Kier molecular flexibility index (Phi) is 6.60. The number of amides is 1. The average Bonchev–Trinajstić information content (AvgIpc) is 2.69. The summed E-state index contributed by atoms with van der Waals surface area (Å²) in [5.41, 5.74) is 0.838. The van der Waals surface area contributed by atoms with Gasteiger partial charge in [-0.15, -0.1) is 6.58 Å². The average molecular weight is 445 g/mol. The van der Waals surface area contributed by atoms with Crippen LogP contribution in [0.3, 0.4) is 0 Å². The number of carbonyl (C=O) groups is 1. The van der Waals surface area contributed by atoms with E-state index in [4.69, 9.17) is 28.5 Å². The van der Waals surface area contributed by atoms with Gasteiger partial charge in [-0.05, 0) is 36.4 Å². The van der Waals surface area contributed by atoms with Crippen LogP contribution in [0.15, 0.2) is 59.0 Å². The quantitative estimate of drug-likeness (QED) is 0.343. The van der Waals surface area contributed by atoms with E-state index in [9.17, 15) is 9.59 Å². The summed E-state index contributed by atoms with van der Waals surface area (Å²) in [6, 6.07) is 11.5. The van der Waals surface area contributed by atoms with Gasteiger partial charge in [-0.3, -0.25) is 14.2 Å². The van der Waals surface area contributed by atoms with Crippen LogP contribution in [-0.4, -0.2) is 21.2 Å². The summed E-state index contributed by atoms with van der Waals surface area (Å²) in [6.07, 6.45) is 1.58. The number of aromatic nitrogens is 2. The number of nitrogens with zero attached hydrogens (tertiary/aromatic N) is 3. The fraction of sp³-hybridized carbons (Fsp3) is 0.100. The van der Waals surface area contributed by atoms with Crippen molar-refractivity contribution in [1.82, 2.24) is 9.55 Å². The highest BCUT2D eigenvalue weighted by molar-refractivity contribution is 7.99. The Labute approximate surface area is 180 Å². The van der Waals surface area contributed by atoms with E-state index >= 15 is 0 Å². The maximum atomic E-state index is 12.8. The highest BCUT2D eigenvalue weighted by atomic mass is 35.5. The summed E-state index contributed by atoms with van der Waals surface area (Å²) in [5.74, 6) is -0.383. The van der Waals surface area contributed by atoms with Gasteiger partial charge in [-0.2, -0.15) is 5.26 Å². The molecule has 0 aliphatic rings. The van der Waals surface area contributed by atoms with E-state index in [1.807, 2.05) is 6.07 Å². The first-order valence-corrected chi connectivity index (χ1v) is 10.1. The molecule has 0 radical (unpaired) electrons. The molecule has 0 aliphatic carbocycles. The second kappa shape index (κ2) is 9.14. The molecule has 9 heteroatoms. The van der Waals surface area contributed by atoms with E-state index in [1.165, 1.54) is 16.7 Å². The molecule has 0 bridgehead atoms. The molecule has 3 aromatic rings. The van der Waals surface area contributed by atoms with Crippen molar-refractivity contribution in [3.63, 3.8) is 0 Å². The predicted octanol–water partition coefficient (Wildman–Crippen LogP) is 4.49. The van der Waals surface area contributed by atoms with Gasteiger partial charge in [0.05, 0.1) is 27.9 Å². The van der Waals surface area contributed by atoms with Crippen molar-refractivity contribution < 1.29 is 4.79 Å². The minimum absolute atomic E-state index is 0.0208. The molecule has 0 atom stereocenters. The lowest BCUT2D eigenvalue weighted by atomic mass is 10.2. The molecule has 0 saturated carbocycles. The molecule has 0 aliphatic heterocycles. The van der Waals surface area contributed by atoms with Crippen LogP contribution in [-0.2, 0) is 11.3 Å². The molecule has 1 amide bonds. The molecule has 0 fully saturated rings. The number of thioether (sulfide) groups is 1. The summed E-state index contributed by atoms with van der Waals surface area (Å²) in [5, 5.41) is 13.5. The predicted molar refractivity (Wildman–Crippen MR) is 117 cm³/mol. The van der Waals surface area contributed by atoms with E-state index in [-0.39, 0.29) is 23.8 Å². The van der Waals surface area contributed by atoms with Gasteiger partial charge in [0.2, 0.25) is 5.91 Å². The third-order valence-electron chi connectivity index (χ3n) is 3.90. The summed E-state index contributed by atoms with van der Waals surface area (Å²) in [7, 11) is 0. The van der Waals surface area contributed by atoms with E-state index in [0.717, 1.165) is 11.8 Å². The zero-order chi connectivity index (χ0) is 21.0. The number of fused-ring (bicyclic) bond motifs is 1. The highest BCUT2D eigenvalue weighted by Crippen LogP contribution is 2.23. The monoisotopic (exact) mass is 444 g/mol. The van der Waals surface area contributed by atoms with Crippen LogP contribution in [0, 0.1) is 11.3 Å². The first-order chi connectivity index (χ1) is 13.9. The molecule has 29 heavy (non-hydrogen) atoms. The number of nitrogens with one attached hydrogen (secondary N) is 1. The Morgan fingerprint density at radius 1 is 1.28 bits per heavy atom. The standard InChI is InChI=1S/C20H14Cl2N4O2S/c1-2-7-26-19(28)15-6-5-14(22)9-17(15)25-20(26)29-11-18(27)24-16-8-13(21)4-3-12(16)10-23/h2-6,8-9H,1,7,11H2,(H,24,27). The smallest absolute Gasteiger partial charge is 0.262 e. The maximum absolute atomic E-state index is 12.8. The van der Waals surface area contributed by atoms with Crippen molar-refractivity contribution >= 4 is 57.5 Å². The molecule has 2 aromatic carbocycles. The van der Waals surface area contributed by atoms with Crippen molar-refractivity contribution in [3.8, 4) is 6.07 Å². The van der Waals surface area contributed by atoms with Crippen LogP contribution in [0.5, 0.6) is 0 Å². The molecule has 1 N–H and O–H groups in total. The summed E-state index contributed by atoms with van der Waals surface area (Å²) in [4.78, 5) is 29.7. The van der Waals surface area contributed by atoms with Crippen molar-refractivity contribution in [2.75, 3.05) is 11.1 Å². The first-order valence-electron chi connectivity index (χ1n) is 8.36. The lowest BCUT2D eigenvalue weighted by Gasteiger charge is -2.12. The maximum Gasteiger partial charge on any atom is 0.262 e. The van der Waals surface area contributed by atoms with Crippen molar-refractivity contribution in [2.24, 2.45) is 0 Å². The van der Waals surface area contributed by atoms with Gasteiger partial charge in [0.15, 0.2) is 5.16 Å². The lowest BCUT2D eigenvalue weighted by molar-refractivity contribution is -0.113. The molecule has 1 aromatic heterocycles. The van der Waals surface area contributed by atoms with Crippen LogP contribution in [0.25, 0.3) is 10.9 Å². The Morgan fingerprint density at radius 3 is 2.72 bits per heavy atom. The Balaban J connectivity index is 1.86. The fourth-order valence-electron chi connectivity index (χ4n) is 2.61. The van der Waals surface area contributed by atoms with Crippen molar-refractivity contribution in [2.45, 2.75) is 11.7 Å². The third kappa shape index (κ3) is 4.80. The van der Waals surface area contributed by atoms with Crippen LogP contribution < -0.4 is 10.9 Å². The molecular formula is C20H14Cl2N4O2S. The summed E-state index contributed by atoms with van der Waals surface area (Å²) >= 11 is 13.0. The third-order valence-corrected chi connectivity index (χ3v) is 5.35. The molecule has 6 nitrogen and oxygen atoms in total. The van der Waals surface area contributed by atoms with Crippen LogP contribution >= 0.6 is 35.0 Å². The highest BCUT2D eigenvalue weighted by Gasteiger charge is 2.14. The van der Waals surface area contributed by atoms with Crippen LogP contribution in [0.4, 0.5) is 5.69 Å². The van der Waals surface area contributed by atoms with Gasteiger partial charge in [-0.1, -0.05) is 41.0 Å². The molecule has 0 unspecified atom stereocenters. The number of hydrogen-bond acceptors (Lipinski definition) is 5. The molecule has 146 valence electrons. The van der Waals surface area contributed by atoms with E-state index in [1.54, 1.807) is 30.3 Å². The first kappa shape index (κ1) is 20.9. The van der Waals surface area contributed by atoms with Gasteiger partial charge in [0, 0.05) is 16.6 Å². The Morgan fingerprint density at radius 2 is 2.00 bits per heavy atom. The number of nitriles is 1. The molecular weight excluding hydrogens is 431 g/mol. The van der Waals surface area contributed by atoms with Crippen LogP contribution in [0.2, 0.25) is 10.0 Å². The number of carbonyl (C=O) groups excluding carboxylic acids is 1. The lowest BCUT2D eigenvalue weighted by Crippen LogP contribution is -2.24. The number of hydrogen-bond donors (Lipinski definition) is 1. The molecule has 3 rings (SSSR count). The van der Waals surface area contributed by atoms with Gasteiger partial charge in [0.1, 0.15) is 6.07 Å². The Bertz CT molecular complexity index is 1220. The van der Waals surface area contributed by atoms with Gasteiger partial charge in [-0.25, -0.2) is 4.98 Å². The van der Waals surface area contributed by atoms with Gasteiger partial charge < -0.3 is 5.32 Å². The number of anilines is 1. The largest absolute Gasteiger partial charge is 0.324 e. The number of rotatable bonds is 6. The fourth-order valence-corrected chi connectivity index (χ4v) is 3.75. The van der Waals surface area contributed by atoms with E-state index < -0.39 is 0 Å². The van der Waals surface area contributed by atoms with Crippen molar-refractivity contribution in [3.05, 3.63) is 75.0 Å². The van der Waals surface area contributed by atoms with E-state index in [2.05, 4.69) is 16.9 Å². The van der Waals surface area contributed by atoms with E-state index in [0.29, 0.717) is 37.4 Å². The summed E-state index contributed by atoms with van der Waals surface area (Å²) in [6.45, 7) is 3.92. The zero-order valence-electron chi connectivity index (χ0n) is 15.0. The molecule has 0 saturated heterocycles. The van der Waals surface area contributed by atoms with Gasteiger partial charge >= 0.3 is 0 Å². The SMILES string of the molecule is C=CCn1c(SCC(=O)Nc2cc(Cl)ccc2C#N)nc2cc(Cl)ccc2c1=O. The second-order valence-electron chi connectivity index (χ2n) is 5.90. The minimum atomic E-state index is -0.362. The number of benzene rings is 2. The normalized spacial score (nSPS) is 10.5. The van der Waals surface area contributed by atoms with Crippen molar-refractivity contribution in [1.29, 1.82) is 5.26 Å². The minimum Gasteiger partial charge on any atom is -0.324 e. The van der Waals surface area contributed by atoms with Gasteiger partial charge in [0.25, 0.3) is 5.56 Å². The topological polar surface area (TPSA) is 87.8 Å². The summed E-state index contributed by atoms with van der Waals surface area (Å²) < 4.78 is 1.45. The second-order valence-corrected chi connectivity index (χ2v) is 7.71. The molecule has 0 spiro atoms. The Hall–Kier alpha value is -2.79. The number of allylic oxidation sites excluding steroid dienone is 1. The van der Waals surface area contributed by atoms with Crippen LogP contribution in [0.1, 0.15) is 5.56 Å².